The second-order valence-corrected chi connectivity index (χ2v) is 5.66. The van der Waals surface area contributed by atoms with E-state index in [2.05, 4.69) is 26.8 Å². The van der Waals surface area contributed by atoms with Gasteiger partial charge in [0.2, 0.25) is 5.91 Å². The highest BCUT2D eigenvalue weighted by atomic mass is 35.5. The Labute approximate surface area is 126 Å². The van der Waals surface area contributed by atoms with E-state index in [0.717, 1.165) is 11.6 Å². The molecule has 7 nitrogen and oxygen atoms in total. The van der Waals surface area contributed by atoms with E-state index in [4.69, 9.17) is 16.1 Å². The van der Waals surface area contributed by atoms with Gasteiger partial charge in [0, 0.05) is 25.5 Å². The molecule has 21 heavy (non-hydrogen) atoms. The summed E-state index contributed by atoms with van der Waals surface area (Å²) in [6.45, 7) is 5.16. The molecular weight excluding hydrogens is 294 g/mol. The van der Waals surface area contributed by atoms with Crippen LogP contribution in [0.4, 0.5) is 0 Å². The highest BCUT2D eigenvalue weighted by molar-refractivity contribution is 6.29. The predicted molar refractivity (Wildman–Crippen MR) is 74.7 cm³/mol. The van der Waals surface area contributed by atoms with E-state index in [1.165, 1.54) is 0 Å². The van der Waals surface area contributed by atoms with Gasteiger partial charge in [-0.05, 0) is 13.8 Å². The molecule has 0 saturated carbocycles. The number of fused-ring (bicyclic) bond motifs is 1. The van der Waals surface area contributed by atoms with Crippen LogP contribution in [0.25, 0.3) is 0 Å². The fourth-order valence-electron chi connectivity index (χ4n) is 2.71. The number of halogens is 1. The average Bonchev–Trinajstić information content (AvgIpc) is 3.03. The number of carbonyl (C=O) groups is 1. The Hall–Kier alpha value is -1.89. The first kappa shape index (κ1) is 14.1. The summed E-state index contributed by atoms with van der Waals surface area (Å²) >= 11 is 5.68. The zero-order chi connectivity index (χ0) is 15.0. The highest BCUT2D eigenvalue weighted by Crippen LogP contribution is 2.22. The maximum absolute atomic E-state index is 12.3. The monoisotopic (exact) mass is 309 g/mol. The van der Waals surface area contributed by atoms with Crippen LogP contribution in [0.2, 0.25) is 5.15 Å². The first-order valence-corrected chi connectivity index (χ1v) is 7.21. The molecule has 1 aliphatic rings. The van der Waals surface area contributed by atoms with Crippen molar-refractivity contribution in [1.29, 1.82) is 0 Å². The van der Waals surface area contributed by atoms with E-state index in [1.54, 1.807) is 6.07 Å². The van der Waals surface area contributed by atoms with Gasteiger partial charge in [0.15, 0.2) is 11.0 Å². The molecule has 0 bridgehead atoms. The van der Waals surface area contributed by atoms with Gasteiger partial charge in [-0.2, -0.15) is 0 Å². The Bertz CT molecular complexity index is 665. The second kappa shape index (κ2) is 5.48. The Morgan fingerprint density at radius 2 is 2.33 bits per heavy atom. The van der Waals surface area contributed by atoms with Crippen LogP contribution >= 0.6 is 11.6 Å². The number of amides is 1. The molecule has 1 aliphatic heterocycles. The van der Waals surface area contributed by atoms with E-state index < -0.39 is 0 Å². The predicted octanol–water partition coefficient (Wildman–Crippen LogP) is 1.76. The smallest absolute Gasteiger partial charge is 0.223 e. The number of nitrogens with zero attached hydrogens (tertiary/aromatic N) is 5. The molecule has 1 amide bonds. The van der Waals surface area contributed by atoms with Crippen molar-refractivity contribution in [3.63, 3.8) is 0 Å². The molecule has 8 heteroatoms. The van der Waals surface area contributed by atoms with Crippen LogP contribution in [-0.2, 0) is 17.8 Å². The molecule has 0 fully saturated rings. The average molecular weight is 310 g/mol. The number of hydrogen-bond donors (Lipinski definition) is 0. The molecule has 112 valence electrons. The Morgan fingerprint density at radius 1 is 1.52 bits per heavy atom. The molecule has 0 aliphatic carbocycles. The number of aryl methyl sites for hydroxylation is 2. The lowest BCUT2D eigenvalue weighted by molar-refractivity contribution is -0.133. The molecule has 0 spiro atoms. The molecule has 3 rings (SSSR count). The van der Waals surface area contributed by atoms with Gasteiger partial charge >= 0.3 is 0 Å². The summed E-state index contributed by atoms with van der Waals surface area (Å²) in [4.78, 5) is 14.1. The van der Waals surface area contributed by atoms with Gasteiger partial charge in [-0.15, -0.1) is 10.2 Å². The standard InChI is InChI=1S/C13H16ClN5O2/c1-8-6-18(7-12-16-15-9(2)19(8)12)13(20)4-3-10-5-11(14)17-21-10/h5,8H,3-4,6-7H2,1-2H3/t8-/m0/s1. The van der Waals surface area contributed by atoms with Crippen LogP contribution in [0.5, 0.6) is 0 Å². The minimum absolute atomic E-state index is 0.0706. The Morgan fingerprint density at radius 3 is 3.05 bits per heavy atom. The maximum Gasteiger partial charge on any atom is 0.223 e. The zero-order valence-corrected chi connectivity index (χ0v) is 12.7. The van der Waals surface area contributed by atoms with Crippen LogP contribution < -0.4 is 0 Å². The maximum atomic E-state index is 12.3. The van der Waals surface area contributed by atoms with E-state index in [9.17, 15) is 4.79 Å². The third kappa shape index (κ3) is 2.78. The number of rotatable bonds is 3. The Balaban J connectivity index is 1.64. The molecular formula is C13H16ClN5O2. The van der Waals surface area contributed by atoms with E-state index in [1.807, 2.05) is 11.8 Å². The van der Waals surface area contributed by atoms with Crippen molar-refractivity contribution in [1.82, 2.24) is 24.8 Å². The largest absolute Gasteiger partial charge is 0.360 e. The second-order valence-electron chi connectivity index (χ2n) is 5.27. The van der Waals surface area contributed by atoms with Crippen LogP contribution in [0, 0.1) is 6.92 Å². The van der Waals surface area contributed by atoms with E-state index >= 15 is 0 Å². The van der Waals surface area contributed by atoms with Gasteiger partial charge in [0.25, 0.3) is 0 Å². The summed E-state index contributed by atoms with van der Waals surface area (Å²) in [5.74, 6) is 2.42. The lowest BCUT2D eigenvalue weighted by atomic mass is 10.2. The van der Waals surface area contributed by atoms with Crippen molar-refractivity contribution in [3.05, 3.63) is 28.6 Å². The summed E-state index contributed by atoms with van der Waals surface area (Å²) in [7, 11) is 0. The lowest BCUT2D eigenvalue weighted by Crippen LogP contribution is -2.40. The minimum atomic E-state index is 0.0706. The number of aromatic nitrogens is 4. The molecule has 0 aromatic carbocycles. The van der Waals surface area contributed by atoms with Gasteiger partial charge in [-0.25, -0.2) is 0 Å². The number of carbonyl (C=O) groups excluding carboxylic acids is 1. The third-order valence-corrected chi connectivity index (χ3v) is 3.84. The van der Waals surface area contributed by atoms with Crippen molar-refractivity contribution in [2.75, 3.05) is 6.54 Å². The van der Waals surface area contributed by atoms with Gasteiger partial charge in [-0.3, -0.25) is 4.79 Å². The van der Waals surface area contributed by atoms with Crippen LogP contribution in [0.1, 0.15) is 36.8 Å². The van der Waals surface area contributed by atoms with Crippen LogP contribution in [-0.4, -0.2) is 37.3 Å². The topological polar surface area (TPSA) is 77.1 Å². The van der Waals surface area contributed by atoms with E-state index in [-0.39, 0.29) is 11.9 Å². The molecule has 0 saturated heterocycles. The first-order chi connectivity index (χ1) is 10.0. The zero-order valence-electron chi connectivity index (χ0n) is 11.9. The Kier molecular flexibility index (Phi) is 3.67. The van der Waals surface area contributed by atoms with Crippen molar-refractivity contribution < 1.29 is 9.32 Å². The van der Waals surface area contributed by atoms with Crippen LogP contribution in [0.3, 0.4) is 0 Å². The number of hydrogen-bond acceptors (Lipinski definition) is 5. The first-order valence-electron chi connectivity index (χ1n) is 6.84. The molecule has 0 radical (unpaired) electrons. The normalized spacial score (nSPS) is 17.9. The van der Waals surface area contributed by atoms with Crippen molar-refractivity contribution in [3.8, 4) is 0 Å². The highest BCUT2D eigenvalue weighted by Gasteiger charge is 2.27. The van der Waals surface area contributed by atoms with Crippen molar-refractivity contribution in [2.24, 2.45) is 0 Å². The van der Waals surface area contributed by atoms with E-state index in [0.29, 0.717) is 36.8 Å². The summed E-state index contributed by atoms with van der Waals surface area (Å²) < 4.78 is 7.09. The molecule has 0 unspecified atom stereocenters. The summed E-state index contributed by atoms with van der Waals surface area (Å²) in [5, 5.41) is 12.1. The lowest BCUT2D eigenvalue weighted by Gasteiger charge is -2.32. The van der Waals surface area contributed by atoms with Gasteiger partial charge in [0.1, 0.15) is 11.6 Å². The summed E-state index contributed by atoms with van der Waals surface area (Å²) in [6, 6.07) is 1.82. The fourth-order valence-corrected chi connectivity index (χ4v) is 2.87. The molecule has 2 aromatic rings. The van der Waals surface area contributed by atoms with Crippen molar-refractivity contribution in [2.45, 2.75) is 39.3 Å². The SMILES string of the molecule is Cc1nnc2n1[C@@H](C)CN(C(=O)CCc1cc(Cl)no1)C2. The minimum Gasteiger partial charge on any atom is -0.360 e. The van der Waals surface area contributed by atoms with Gasteiger partial charge < -0.3 is 14.0 Å². The third-order valence-electron chi connectivity index (χ3n) is 3.66. The van der Waals surface area contributed by atoms with Gasteiger partial charge in [-0.1, -0.05) is 16.8 Å². The summed E-state index contributed by atoms with van der Waals surface area (Å²) in [5.41, 5.74) is 0. The van der Waals surface area contributed by atoms with Crippen LogP contribution in [0.15, 0.2) is 10.6 Å². The quantitative estimate of drug-likeness (QED) is 0.863. The molecule has 0 N–H and O–H groups in total. The fraction of sp³-hybridized carbons (Fsp3) is 0.538. The summed E-state index contributed by atoms with van der Waals surface area (Å²) in [6.07, 6.45) is 0.862. The molecule has 3 heterocycles. The molecule has 1 atom stereocenters. The molecule has 2 aromatic heterocycles. The van der Waals surface area contributed by atoms with Crippen molar-refractivity contribution >= 4 is 17.5 Å². The van der Waals surface area contributed by atoms with Gasteiger partial charge in [0.05, 0.1) is 12.6 Å².